The van der Waals surface area contributed by atoms with Gasteiger partial charge in [-0.25, -0.2) is 0 Å². The van der Waals surface area contributed by atoms with E-state index in [-0.39, 0.29) is 17.0 Å². The van der Waals surface area contributed by atoms with Crippen LogP contribution in [0.3, 0.4) is 0 Å². The zero-order chi connectivity index (χ0) is 3.41. The quantitative estimate of drug-likeness (QED) is 0.320. The van der Waals surface area contributed by atoms with Crippen molar-refractivity contribution in [3.63, 3.8) is 0 Å². The van der Waals surface area contributed by atoms with Crippen LogP contribution in [0.2, 0.25) is 5.02 Å². The fraction of sp³-hybridized carbons (Fsp3) is 0.500. The summed E-state index contributed by atoms with van der Waals surface area (Å²) < 4.78 is 0. The summed E-state index contributed by atoms with van der Waals surface area (Å²) in [6.07, 6.45) is 0.931. The summed E-state index contributed by atoms with van der Waals surface area (Å²) >= 11 is 1.10. The van der Waals surface area contributed by atoms with Gasteiger partial charge in [-0.05, 0) is 0 Å². The first-order valence-electron chi connectivity index (χ1n) is 1.14. The maximum atomic E-state index is 9.20. The third kappa shape index (κ3) is 11.7. The second-order valence-electron chi connectivity index (χ2n) is 0.455. The molecule has 0 N–H and O–H groups in total. The van der Waals surface area contributed by atoms with Crippen LogP contribution in [-0.4, -0.2) is 6.29 Å². The third-order valence-electron chi connectivity index (χ3n) is 0.118. The van der Waals surface area contributed by atoms with Gasteiger partial charge >= 0.3 is 34.4 Å². The van der Waals surface area contributed by atoms with Gasteiger partial charge in [-0.15, -0.1) is 0 Å². The van der Waals surface area contributed by atoms with Crippen LogP contribution in [0.1, 0.15) is 0 Å². The van der Waals surface area contributed by atoms with Crippen LogP contribution in [0, 0.1) is 0 Å². The van der Waals surface area contributed by atoms with E-state index in [2.05, 4.69) is 0 Å². The fourth-order valence-electron chi connectivity index (χ4n) is 0. The summed E-state index contributed by atoms with van der Waals surface area (Å²) in [5.41, 5.74) is 0. The molecule has 0 rings (SSSR count). The number of carbonyl (C=O) groups is 1. The molecule has 5 heavy (non-hydrogen) atoms. The fourth-order valence-corrected chi connectivity index (χ4v) is 0. The summed E-state index contributed by atoms with van der Waals surface area (Å²) in [5, 5.41) is 0.764. The van der Waals surface area contributed by atoms with Gasteiger partial charge in [0.25, 0.3) is 0 Å². The Balaban J connectivity index is 0. The van der Waals surface area contributed by atoms with Gasteiger partial charge in [0.1, 0.15) is 0 Å². The molecule has 0 aliphatic rings. The van der Waals surface area contributed by atoms with Crippen LogP contribution in [-0.2, 0) is 23.1 Å². The van der Waals surface area contributed by atoms with Gasteiger partial charge in [0.05, 0.1) is 0 Å². The van der Waals surface area contributed by atoms with Crippen molar-refractivity contribution in [3.8, 4) is 0 Å². The molecule has 26 valence electrons. The van der Waals surface area contributed by atoms with Crippen LogP contribution in [0.5, 0.6) is 0 Å². The van der Waals surface area contributed by atoms with Crippen molar-refractivity contribution in [2.45, 2.75) is 5.02 Å². The molecule has 0 saturated heterocycles. The minimum Gasteiger partial charge on any atom is -1.00 e. The molecule has 0 aliphatic carbocycles. The molecule has 0 heterocycles. The first-order chi connectivity index (χ1) is 1.91. The van der Waals surface area contributed by atoms with Crippen LogP contribution < -0.4 is 17.0 Å². The molecule has 0 aromatic carbocycles. The summed E-state index contributed by atoms with van der Waals surface area (Å²) in [5.74, 6) is 0. The summed E-state index contributed by atoms with van der Waals surface area (Å²) in [6, 6.07) is 0. The minimum atomic E-state index is 0. The Labute approximate surface area is 51.6 Å². The van der Waals surface area contributed by atoms with Gasteiger partial charge < -0.3 is 17.0 Å². The van der Waals surface area contributed by atoms with Gasteiger partial charge in [0.15, 0.2) is 0 Å². The molecule has 0 atom stereocenters. The predicted molar refractivity (Wildman–Crippen MR) is 10.9 cm³/mol. The van der Waals surface area contributed by atoms with Gasteiger partial charge in [-0.3, -0.25) is 0 Å². The monoisotopic (exact) mass is 186 g/mol. The van der Waals surface area contributed by atoms with Crippen LogP contribution in [0.4, 0.5) is 0 Å². The first-order valence-corrected chi connectivity index (χ1v) is 3.24. The van der Waals surface area contributed by atoms with E-state index in [1.54, 1.807) is 0 Å². The maximum absolute atomic E-state index is 9.20. The molecule has 0 aromatic heterocycles. The number of carbonyl (C=O) groups excluding carboxylic acids is 1. The molecule has 1 nitrogen and oxygen atoms in total. The second kappa shape index (κ2) is 8.84. The SMILES string of the molecule is O=C[CH2][Zn+].[Br-]. The summed E-state index contributed by atoms with van der Waals surface area (Å²) in [7, 11) is 0. The van der Waals surface area contributed by atoms with Crippen LogP contribution >= 0.6 is 0 Å². The number of hydrogen-bond acceptors (Lipinski definition) is 1. The molecule has 0 spiro atoms. The molecule has 0 bridgehead atoms. The Bertz CT molecular complexity index is 23.6. The average Bonchev–Trinajstić information content (AvgIpc) is 1.37. The molecule has 0 aromatic rings. The van der Waals surface area contributed by atoms with E-state index >= 15 is 0 Å². The number of rotatable bonds is 1. The van der Waals surface area contributed by atoms with E-state index in [4.69, 9.17) is 0 Å². The first kappa shape index (κ1) is 9.24. The standard InChI is InChI=1S/C2H3O.BrH.Zn/c1-2-3;;/h2H,1H2;1H;/q;;+1/p-1. The average molecular weight is 188 g/mol. The van der Waals surface area contributed by atoms with Crippen molar-refractivity contribution in [1.82, 2.24) is 0 Å². The van der Waals surface area contributed by atoms with Gasteiger partial charge in [0.2, 0.25) is 0 Å². The van der Waals surface area contributed by atoms with Crippen molar-refractivity contribution in [3.05, 3.63) is 0 Å². The van der Waals surface area contributed by atoms with E-state index in [0.29, 0.717) is 0 Å². The molecule has 0 fully saturated rings. The topological polar surface area (TPSA) is 17.1 Å². The molecular weight excluding hydrogens is 185 g/mol. The Hall–Kier alpha value is 0.773. The minimum absolute atomic E-state index is 0. The van der Waals surface area contributed by atoms with Crippen molar-refractivity contribution in [1.29, 1.82) is 0 Å². The zero-order valence-electron chi connectivity index (χ0n) is 2.78. The zero-order valence-corrected chi connectivity index (χ0v) is 7.33. The van der Waals surface area contributed by atoms with E-state index in [0.717, 1.165) is 29.6 Å². The van der Waals surface area contributed by atoms with E-state index in [1.165, 1.54) is 0 Å². The molecule has 0 unspecified atom stereocenters. The Kier molecular flexibility index (Phi) is 16.3. The Morgan fingerprint density at radius 2 is 2.00 bits per heavy atom. The third-order valence-corrected chi connectivity index (χ3v) is 0.612. The van der Waals surface area contributed by atoms with Gasteiger partial charge in [-0.1, -0.05) is 0 Å². The van der Waals surface area contributed by atoms with Crippen molar-refractivity contribution in [2.75, 3.05) is 0 Å². The van der Waals surface area contributed by atoms with Gasteiger partial charge in [0, 0.05) is 0 Å². The molecule has 0 aliphatic heterocycles. The van der Waals surface area contributed by atoms with Crippen molar-refractivity contribution in [2.24, 2.45) is 0 Å². The second-order valence-corrected chi connectivity index (χ2v) is 1.67. The largest absolute Gasteiger partial charge is 1.00 e. The molecular formula is C2H3BrOZn. The van der Waals surface area contributed by atoms with Gasteiger partial charge in [-0.2, -0.15) is 0 Å². The molecule has 0 amide bonds. The molecule has 0 radical (unpaired) electrons. The number of aldehydes is 1. The summed E-state index contributed by atoms with van der Waals surface area (Å²) in [6.45, 7) is 0. The smallest absolute Gasteiger partial charge is 1.00 e. The number of halogens is 1. The molecule has 3 heteroatoms. The Morgan fingerprint density at radius 1 is 1.80 bits per heavy atom. The van der Waals surface area contributed by atoms with Crippen molar-refractivity contribution < 1.29 is 40.1 Å². The maximum Gasteiger partial charge on any atom is -1.00 e. The predicted octanol–water partition coefficient (Wildman–Crippen LogP) is -2.85. The molecule has 0 saturated carbocycles. The summed E-state index contributed by atoms with van der Waals surface area (Å²) in [4.78, 5) is 9.20. The van der Waals surface area contributed by atoms with E-state index in [9.17, 15) is 4.79 Å². The van der Waals surface area contributed by atoms with E-state index < -0.39 is 0 Å². The normalized spacial score (nSPS) is 5.20. The number of hydrogen-bond donors (Lipinski definition) is 0. The Morgan fingerprint density at radius 3 is 2.00 bits per heavy atom. The van der Waals surface area contributed by atoms with Crippen molar-refractivity contribution >= 4 is 6.29 Å². The van der Waals surface area contributed by atoms with E-state index in [1.807, 2.05) is 0 Å². The van der Waals surface area contributed by atoms with Crippen LogP contribution in [0.25, 0.3) is 0 Å². The van der Waals surface area contributed by atoms with Crippen LogP contribution in [0.15, 0.2) is 0 Å².